The Morgan fingerprint density at radius 2 is 1.41 bits per heavy atom. The molecule has 1 N–H and O–H groups in total. The third-order valence-electron chi connectivity index (χ3n) is 6.88. The molecule has 0 aliphatic heterocycles. The second-order valence-electron chi connectivity index (χ2n) is 11.4. The van der Waals surface area contributed by atoms with E-state index in [9.17, 15) is 4.79 Å². The number of pyridine rings is 1. The number of nitrogens with zero attached hydrogens (tertiary/aromatic N) is 2. The summed E-state index contributed by atoms with van der Waals surface area (Å²) in [6, 6.07) is 5.68. The van der Waals surface area contributed by atoms with Crippen LogP contribution in [0.3, 0.4) is 0 Å². The van der Waals surface area contributed by atoms with E-state index in [1.165, 1.54) is 41.6 Å². The van der Waals surface area contributed by atoms with Crippen molar-refractivity contribution in [1.82, 2.24) is 5.43 Å². The fraction of sp³-hybridized carbons (Fsp3) is 0.324. The van der Waals surface area contributed by atoms with Crippen molar-refractivity contribution in [3.63, 3.8) is 0 Å². The molecule has 4 heteroatoms. The van der Waals surface area contributed by atoms with Gasteiger partial charge in [-0.3, -0.25) is 4.79 Å². The lowest BCUT2D eigenvalue weighted by Crippen LogP contribution is -2.40. The van der Waals surface area contributed by atoms with Crippen LogP contribution in [0.15, 0.2) is 142 Å². The van der Waals surface area contributed by atoms with Gasteiger partial charge in [0.1, 0.15) is 0 Å². The van der Waals surface area contributed by atoms with Gasteiger partial charge >= 0.3 is 5.91 Å². The highest BCUT2D eigenvalue weighted by Crippen LogP contribution is 2.40. The van der Waals surface area contributed by atoms with Gasteiger partial charge in [-0.15, -0.1) is 0 Å². The molecule has 1 heterocycles. The van der Waals surface area contributed by atoms with E-state index < -0.39 is 0 Å². The lowest BCUT2D eigenvalue weighted by Gasteiger charge is -2.32. The van der Waals surface area contributed by atoms with Crippen molar-refractivity contribution in [2.45, 2.75) is 74.3 Å². The lowest BCUT2D eigenvalue weighted by molar-refractivity contribution is -0.684. The highest BCUT2D eigenvalue weighted by molar-refractivity contribution is 5.81. The van der Waals surface area contributed by atoms with Crippen LogP contribution >= 0.6 is 0 Å². The summed E-state index contributed by atoms with van der Waals surface area (Å²) >= 11 is 0. The van der Waals surface area contributed by atoms with Gasteiger partial charge in [-0.2, -0.15) is 9.67 Å². The molecule has 0 unspecified atom stereocenters. The number of nitrogens with one attached hydrogen (secondary N) is 1. The molecular formula is C37H48N3O+. The van der Waals surface area contributed by atoms with Crippen LogP contribution in [-0.4, -0.2) is 12.1 Å². The van der Waals surface area contributed by atoms with E-state index in [-0.39, 0.29) is 17.9 Å². The Morgan fingerprint density at radius 1 is 0.854 bits per heavy atom. The summed E-state index contributed by atoms with van der Waals surface area (Å²) in [5, 5.41) is 4.02. The number of hydrogen-bond donors (Lipinski definition) is 1. The normalized spacial score (nSPS) is 17.7. The molecule has 4 nitrogen and oxygen atoms in total. The molecule has 0 saturated carbocycles. The highest BCUT2D eigenvalue weighted by atomic mass is 16.2. The van der Waals surface area contributed by atoms with Gasteiger partial charge in [0.25, 0.3) is 0 Å². The monoisotopic (exact) mass is 550 g/mol. The molecule has 0 spiro atoms. The van der Waals surface area contributed by atoms with E-state index >= 15 is 0 Å². The molecule has 0 saturated heterocycles. The quantitative estimate of drug-likeness (QED) is 0.120. The Labute approximate surface area is 248 Å². The number of amides is 1. The maximum Gasteiger partial charge on any atom is 0.305 e. The summed E-state index contributed by atoms with van der Waals surface area (Å²) in [6.07, 6.45) is 34.3. The van der Waals surface area contributed by atoms with Gasteiger partial charge in [-0.25, -0.2) is 5.43 Å². The van der Waals surface area contributed by atoms with Crippen molar-refractivity contribution in [3.8, 4) is 0 Å². The fourth-order valence-electron chi connectivity index (χ4n) is 4.50. The predicted octanol–water partition coefficient (Wildman–Crippen LogP) is 8.61. The maximum absolute atomic E-state index is 11.9. The van der Waals surface area contributed by atoms with Crippen LogP contribution in [0, 0.1) is 5.41 Å². The molecule has 41 heavy (non-hydrogen) atoms. The number of aromatic nitrogens is 1. The number of rotatable bonds is 12. The van der Waals surface area contributed by atoms with Crippen molar-refractivity contribution >= 4 is 12.1 Å². The SMILES string of the molecule is CC1=C(/C=C/C(C)=C/C=C/C(C)=C/C=C/C=C(C)/C=C/C=C(C)/C=N/NC(=O)C[n+]2ccccc2)C(C)(C)CCC1. The average Bonchev–Trinajstić information content (AvgIpc) is 2.91. The largest absolute Gasteiger partial charge is 0.305 e. The number of hydrazone groups is 1. The zero-order valence-corrected chi connectivity index (χ0v) is 26.0. The third kappa shape index (κ3) is 13.7. The van der Waals surface area contributed by atoms with E-state index in [1.807, 2.05) is 61.8 Å². The van der Waals surface area contributed by atoms with Gasteiger partial charge < -0.3 is 0 Å². The van der Waals surface area contributed by atoms with Crippen LogP contribution in [0.25, 0.3) is 0 Å². The van der Waals surface area contributed by atoms with Gasteiger partial charge in [0.15, 0.2) is 12.4 Å². The first-order valence-corrected chi connectivity index (χ1v) is 14.4. The molecule has 1 aliphatic rings. The van der Waals surface area contributed by atoms with Crippen LogP contribution in [0.2, 0.25) is 0 Å². The fourth-order valence-corrected chi connectivity index (χ4v) is 4.50. The molecular weight excluding hydrogens is 502 g/mol. The zero-order chi connectivity index (χ0) is 30.1. The lowest BCUT2D eigenvalue weighted by atomic mass is 9.72. The zero-order valence-electron chi connectivity index (χ0n) is 26.0. The number of hydrogen-bond acceptors (Lipinski definition) is 2. The van der Waals surface area contributed by atoms with Gasteiger partial charge in [-0.05, 0) is 70.4 Å². The molecule has 0 bridgehead atoms. The topological polar surface area (TPSA) is 45.3 Å². The standard InChI is InChI=1S/C37H47N3O/c1-30(18-13-20-32(3)23-24-35-34(5)22-15-25-37(35,6)7)16-9-10-17-31(2)19-14-21-33(4)28-38-39-36(41)29-40-26-11-8-12-27-40/h8-14,16-21,23-24,26-28H,15,22,25,29H2,1-7H3/p+1/b10-9+,18-13+,19-14+,24-23+,30-16+,31-17+,32-20+,33-21+,38-28+. The molecule has 2 rings (SSSR count). The van der Waals surface area contributed by atoms with Crippen molar-refractivity contribution in [2.75, 3.05) is 0 Å². The first kappa shape index (κ1) is 33.2. The number of carbonyl (C=O) groups is 1. The Hall–Kier alpha value is -4.05. The van der Waals surface area contributed by atoms with E-state index in [0.29, 0.717) is 0 Å². The second-order valence-corrected chi connectivity index (χ2v) is 11.4. The molecule has 0 aromatic carbocycles. The van der Waals surface area contributed by atoms with E-state index in [2.05, 4.69) is 101 Å². The Morgan fingerprint density at radius 3 is 2.02 bits per heavy atom. The molecule has 1 aromatic rings. The Bertz CT molecular complexity index is 1320. The Kier molecular flexibility index (Phi) is 14.2. The van der Waals surface area contributed by atoms with Gasteiger partial charge in [0, 0.05) is 12.1 Å². The van der Waals surface area contributed by atoms with E-state index in [4.69, 9.17) is 0 Å². The van der Waals surface area contributed by atoms with E-state index in [1.54, 1.807) is 10.8 Å². The van der Waals surface area contributed by atoms with Crippen LogP contribution in [0.4, 0.5) is 0 Å². The molecule has 1 aromatic heterocycles. The number of carbonyl (C=O) groups excluding carboxylic acids is 1. The predicted molar refractivity (Wildman–Crippen MR) is 175 cm³/mol. The third-order valence-corrected chi connectivity index (χ3v) is 6.88. The summed E-state index contributed by atoms with van der Waals surface area (Å²) in [5.41, 5.74) is 10.4. The van der Waals surface area contributed by atoms with Crippen LogP contribution in [0.1, 0.15) is 67.7 Å². The first-order valence-electron chi connectivity index (χ1n) is 14.4. The minimum absolute atomic E-state index is 0.169. The molecule has 1 aliphatic carbocycles. The Balaban J connectivity index is 1.79. The first-order chi connectivity index (χ1) is 19.6. The molecule has 216 valence electrons. The van der Waals surface area contributed by atoms with Gasteiger partial charge in [-0.1, -0.05) is 115 Å². The van der Waals surface area contributed by atoms with Crippen LogP contribution in [0.5, 0.6) is 0 Å². The summed E-state index contributed by atoms with van der Waals surface area (Å²) in [6.45, 7) is 15.5. The van der Waals surface area contributed by atoms with E-state index in [0.717, 1.165) is 11.1 Å². The smallest absolute Gasteiger partial charge is 0.266 e. The summed E-state index contributed by atoms with van der Waals surface area (Å²) in [4.78, 5) is 11.9. The van der Waals surface area contributed by atoms with Crippen molar-refractivity contribution in [2.24, 2.45) is 10.5 Å². The van der Waals surface area contributed by atoms with Crippen LogP contribution in [-0.2, 0) is 11.3 Å². The minimum Gasteiger partial charge on any atom is -0.266 e. The number of allylic oxidation sites excluding steroid dienone is 18. The average molecular weight is 551 g/mol. The van der Waals surface area contributed by atoms with Crippen molar-refractivity contribution in [3.05, 3.63) is 137 Å². The molecule has 0 radical (unpaired) electrons. The summed E-state index contributed by atoms with van der Waals surface area (Å²) in [7, 11) is 0. The summed E-state index contributed by atoms with van der Waals surface area (Å²) < 4.78 is 1.79. The van der Waals surface area contributed by atoms with Crippen LogP contribution < -0.4 is 9.99 Å². The molecule has 0 atom stereocenters. The van der Waals surface area contributed by atoms with Gasteiger partial charge in [0.05, 0.1) is 6.21 Å². The van der Waals surface area contributed by atoms with Crippen molar-refractivity contribution in [1.29, 1.82) is 0 Å². The molecule has 1 amide bonds. The highest BCUT2D eigenvalue weighted by Gasteiger charge is 2.26. The second kappa shape index (κ2) is 17.6. The van der Waals surface area contributed by atoms with Gasteiger partial charge in [0.2, 0.25) is 6.54 Å². The maximum atomic E-state index is 11.9. The summed E-state index contributed by atoms with van der Waals surface area (Å²) in [5.74, 6) is -0.169. The minimum atomic E-state index is -0.169. The van der Waals surface area contributed by atoms with Crippen molar-refractivity contribution < 1.29 is 9.36 Å². The molecule has 0 fully saturated rings.